The predicted octanol–water partition coefficient (Wildman–Crippen LogP) is 3.07. The maximum absolute atomic E-state index is 12.4. The topological polar surface area (TPSA) is 71.8 Å². The molecule has 1 aromatic heterocycles. The van der Waals surface area contributed by atoms with Crippen molar-refractivity contribution in [2.75, 3.05) is 0 Å². The zero-order valence-corrected chi connectivity index (χ0v) is 15.6. The minimum absolute atomic E-state index is 0.0513. The van der Waals surface area contributed by atoms with Crippen molar-refractivity contribution >= 4 is 6.03 Å². The Hall–Kier alpha value is -2.37. The van der Waals surface area contributed by atoms with Crippen LogP contribution in [0.5, 0.6) is 0 Å². The van der Waals surface area contributed by atoms with Crippen LogP contribution in [0.4, 0.5) is 4.79 Å². The van der Waals surface area contributed by atoms with Crippen molar-refractivity contribution in [1.82, 2.24) is 25.4 Å². The summed E-state index contributed by atoms with van der Waals surface area (Å²) in [6, 6.07) is 6.37. The summed E-state index contributed by atoms with van der Waals surface area (Å²) in [5.41, 5.74) is 3.62. The van der Waals surface area contributed by atoms with E-state index < -0.39 is 0 Å². The van der Waals surface area contributed by atoms with E-state index in [1.54, 1.807) is 0 Å². The number of urea groups is 1. The lowest BCUT2D eigenvalue weighted by Gasteiger charge is -2.22. The van der Waals surface area contributed by atoms with Gasteiger partial charge in [0.1, 0.15) is 12.2 Å². The number of rotatable bonds is 3. The number of aromatic nitrogens is 3. The Labute approximate surface area is 149 Å². The molecule has 134 valence electrons. The lowest BCUT2D eigenvalue weighted by molar-refractivity contribution is 0.232. The number of hydrogen-bond donors (Lipinski definition) is 2. The van der Waals surface area contributed by atoms with Crippen LogP contribution >= 0.6 is 0 Å². The van der Waals surface area contributed by atoms with Crippen molar-refractivity contribution in [3.8, 4) is 0 Å². The van der Waals surface area contributed by atoms with Gasteiger partial charge in [-0.15, -0.1) is 0 Å². The Kier molecular flexibility index (Phi) is 4.54. The summed E-state index contributed by atoms with van der Waals surface area (Å²) in [4.78, 5) is 16.7. The molecule has 0 aliphatic heterocycles. The molecule has 2 N–H and O–H groups in total. The molecule has 2 unspecified atom stereocenters. The molecule has 1 aliphatic rings. The molecular weight excluding hydrogens is 314 g/mol. The number of carbonyl (C=O) groups excluding carboxylic acids is 1. The van der Waals surface area contributed by atoms with Gasteiger partial charge in [-0.05, 0) is 51.2 Å². The van der Waals surface area contributed by atoms with Crippen molar-refractivity contribution in [1.29, 1.82) is 0 Å². The Morgan fingerprint density at radius 1 is 1.36 bits per heavy atom. The quantitative estimate of drug-likeness (QED) is 0.901. The fourth-order valence-electron chi connectivity index (χ4n) is 3.48. The van der Waals surface area contributed by atoms with Crippen molar-refractivity contribution in [2.45, 2.75) is 59.2 Å². The lowest BCUT2D eigenvalue weighted by atomic mass is 10.0. The van der Waals surface area contributed by atoms with Gasteiger partial charge in [-0.1, -0.05) is 30.7 Å². The van der Waals surface area contributed by atoms with Gasteiger partial charge in [0.05, 0.1) is 18.1 Å². The first kappa shape index (κ1) is 17.5. The fraction of sp³-hybridized carbons (Fsp3) is 0.526. The number of carbonyl (C=O) groups is 1. The van der Waals surface area contributed by atoms with Gasteiger partial charge < -0.3 is 10.6 Å². The van der Waals surface area contributed by atoms with Gasteiger partial charge in [-0.3, -0.25) is 0 Å². The van der Waals surface area contributed by atoms with E-state index in [0.717, 1.165) is 12.2 Å². The second-order valence-corrected chi connectivity index (χ2v) is 7.95. The van der Waals surface area contributed by atoms with E-state index in [0.29, 0.717) is 12.5 Å². The first-order chi connectivity index (χ1) is 11.8. The summed E-state index contributed by atoms with van der Waals surface area (Å²) in [5.74, 6) is 1.14. The third kappa shape index (κ3) is 3.67. The molecule has 6 nitrogen and oxygen atoms in total. The van der Waals surface area contributed by atoms with Crippen molar-refractivity contribution in [3.05, 3.63) is 47.0 Å². The zero-order valence-electron chi connectivity index (χ0n) is 15.6. The van der Waals surface area contributed by atoms with Gasteiger partial charge >= 0.3 is 6.03 Å². The third-order valence-corrected chi connectivity index (χ3v) is 4.69. The van der Waals surface area contributed by atoms with Gasteiger partial charge in [-0.25, -0.2) is 14.5 Å². The number of aryl methyl sites for hydroxylation is 1. The van der Waals surface area contributed by atoms with E-state index in [1.165, 1.54) is 23.0 Å². The third-order valence-electron chi connectivity index (χ3n) is 4.69. The van der Waals surface area contributed by atoms with Crippen LogP contribution in [0.3, 0.4) is 0 Å². The molecule has 0 saturated carbocycles. The summed E-state index contributed by atoms with van der Waals surface area (Å²) < 4.78 is 1.84. The van der Waals surface area contributed by atoms with Crippen LogP contribution in [-0.4, -0.2) is 20.8 Å². The first-order valence-corrected chi connectivity index (χ1v) is 8.79. The van der Waals surface area contributed by atoms with E-state index >= 15 is 0 Å². The van der Waals surface area contributed by atoms with Crippen molar-refractivity contribution < 1.29 is 4.79 Å². The Morgan fingerprint density at radius 2 is 2.12 bits per heavy atom. The van der Waals surface area contributed by atoms with Gasteiger partial charge in [0.25, 0.3) is 0 Å². The van der Waals surface area contributed by atoms with E-state index in [9.17, 15) is 4.79 Å². The molecule has 0 spiro atoms. The molecule has 0 bridgehead atoms. The summed E-state index contributed by atoms with van der Waals surface area (Å²) >= 11 is 0. The molecular formula is C19H27N5O. The summed E-state index contributed by atoms with van der Waals surface area (Å²) in [6.07, 6.45) is 2.52. The van der Waals surface area contributed by atoms with E-state index in [1.807, 2.05) is 4.68 Å². The summed E-state index contributed by atoms with van der Waals surface area (Å²) in [7, 11) is 0. The highest BCUT2D eigenvalue weighted by molar-refractivity contribution is 5.74. The molecule has 2 aromatic rings. The standard InChI is InChI=1S/C19H27N5O/c1-12-6-7-14-9-13(2)17(15(14)8-12)23-18(25)20-10-16-21-11-22-24(16)19(3,4)5/h6-8,11,13,17H,9-10H2,1-5H3,(H2,20,23,25). The Morgan fingerprint density at radius 3 is 2.84 bits per heavy atom. The second-order valence-electron chi connectivity index (χ2n) is 7.95. The van der Waals surface area contributed by atoms with Crippen LogP contribution in [0.25, 0.3) is 0 Å². The van der Waals surface area contributed by atoms with Crippen LogP contribution in [0, 0.1) is 12.8 Å². The molecule has 6 heteroatoms. The maximum Gasteiger partial charge on any atom is 0.315 e. The number of amides is 2. The number of hydrogen-bond acceptors (Lipinski definition) is 3. The first-order valence-electron chi connectivity index (χ1n) is 8.79. The average molecular weight is 341 g/mol. The molecule has 0 saturated heterocycles. The molecule has 1 heterocycles. The Balaban J connectivity index is 1.65. The number of nitrogens with zero attached hydrogens (tertiary/aromatic N) is 3. The zero-order chi connectivity index (χ0) is 18.2. The van der Waals surface area contributed by atoms with Crippen LogP contribution in [0.1, 0.15) is 56.3 Å². The minimum atomic E-state index is -0.172. The highest BCUT2D eigenvalue weighted by atomic mass is 16.2. The predicted molar refractivity (Wildman–Crippen MR) is 97.2 cm³/mol. The van der Waals surface area contributed by atoms with E-state index in [2.05, 4.69) is 73.5 Å². The summed E-state index contributed by atoms with van der Waals surface area (Å²) in [6.45, 7) is 10.8. The van der Waals surface area contributed by atoms with Gasteiger partial charge in [0.2, 0.25) is 0 Å². The molecule has 0 radical (unpaired) electrons. The SMILES string of the molecule is Cc1ccc2c(c1)C(NC(=O)NCc1ncnn1C(C)(C)C)C(C)C2. The van der Waals surface area contributed by atoms with Crippen molar-refractivity contribution in [2.24, 2.45) is 5.92 Å². The number of nitrogens with one attached hydrogen (secondary N) is 2. The molecule has 0 fully saturated rings. The normalized spacial score (nSPS) is 19.6. The fourth-order valence-corrected chi connectivity index (χ4v) is 3.48. The number of benzene rings is 1. The van der Waals surface area contributed by atoms with Crippen LogP contribution < -0.4 is 10.6 Å². The van der Waals surface area contributed by atoms with Gasteiger partial charge in [0.15, 0.2) is 0 Å². The largest absolute Gasteiger partial charge is 0.331 e. The molecule has 1 aromatic carbocycles. The molecule has 3 rings (SSSR count). The van der Waals surface area contributed by atoms with Gasteiger partial charge in [0, 0.05) is 0 Å². The van der Waals surface area contributed by atoms with E-state index in [4.69, 9.17) is 0 Å². The molecule has 25 heavy (non-hydrogen) atoms. The van der Waals surface area contributed by atoms with E-state index in [-0.39, 0.29) is 17.6 Å². The maximum atomic E-state index is 12.4. The van der Waals surface area contributed by atoms with Crippen molar-refractivity contribution in [3.63, 3.8) is 0 Å². The average Bonchev–Trinajstić information content (AvgIpc) is 3.11. The Bertz CT molecular complexity index is 774. The minimum Gasteiger partial charge on any atom is -0.331 e. The monoisotopic (exact) mass is 341 g/mol. The molecule has 2 amide bonds. The smallest absolute Gasteiger partial charge is 0.315 e. The molecule has 2 atom stereocenters. The van der Waals surface area contributed by atoms with Crippen LogP contribution in [-0.2, 0) is 18.5 Å². The van der Waals surface area contributed by atoms with Crippen LogP contribution in [0.2, 0.25) is 0 Å². The highest BCUT2D eigenvalue weighted by Crippen LogP contribution is 2.36. The number of fused-ring (bicyclic) bond motifs is 1. The molecule has 1 aliphatic carbocycles. The lowest BCUT2D eigenvalue weighted by Crippen LogP contribution is -2.39. The highest BCUT2D eigenvalue weighted by Gasteiger charge is 2.30. The second kappa shape index (κ2) is 6.50. The summed E-state index contributed by atoms with van der Waals surface area (Å²) in [5, 5.41) is 10.3. The van der Waals surface area contributed by atoms with Crippen LogP contribution in [0.15, 0.2) is 24.5 Å². The van der Waals surface area contributed by atoms with Gasteiger partial charge in [-0.2, -0.15) is 5.10 Å².